The summed E-state index contributed by atoms with van der Waals surface area (Å²) in [6.07, 6.45) is 1.66. The third-order valence-corrected chi connectivity index (χ3v) is 3.71. The Hall–Kier alpha value is -0.870. The lowest BCUT2D eigenvalue weighted by Gasteiger charge is -2.13. The first-order valence-electron chi connectivity index (χ1n) is 6.23. The summed E-state index contributed by atoms with van der Waals surface area (Å²) in [6, 6.07) is 16.2. The molecule has 0 saturated heterocycles. The fraction of sp³-hybridized carbons (Fsp3) is 0.250. The fourth-order valence-corrected chi connectivity index (χ4v) is 2.40. The molecule has 0 aliphatic heterocycles. The number of halogens is 1. The SMILES string of the molecule is CCCc1cccc(C(O)c2ccc(I)cc2)c1. The zero-order valence-corrected chi connectivity index (χ0v) is 12.6. The molecule has 0 aliphatic rings. The summed E-state index contributed by atoms with van der Waals surface area (Å²) < 4.78 is 1.18. The van der Waals surface area contributed by atoms with Crippen molar-refractivity contribution in [3.8, 4) is 0 Å². The molecule has 0 spiro atoms. The number of hydrogen-bond donors (Lipinski definition) is 1. The molecule has 0 heterocycles. The molecule has 0 bridgehead atoms. The molecule has 1 atom stereocenters. The van der Waals surface area contributed by atoms with E-state index in [9.17, 15) is 5.11 Å². The molecule has 2 aromatic rings. The lowest BCUT2D eigenvalue weighted by molar-refractivity contribution is 0.220. The van der Waals surface area contributed by atoms with E-state index in [1.165, 1.54) is 9.13 Å². The maximum Gasteiger partial charge on any atom is 0.104 e. The molecule has 0 amide bonds. The van der Waals surface area contributed by atoms with Crippen LogP contribution in [0.4, 0.5) is 0 Å². The highest BCUT2D eigenvalue weighted by Crippen LogP contribution is 2.23. The fourth-order valence-electron chi connectivity index (χ4n) is 2.04. The van der Waals surface area contributed by atoms with Crippen LogP contribution in [-0.2, 0) is 6.42 Å². The zero-order valence-electron chi connectivity index (χ0n) is 10.4. The van der Waals surface area contributed by atoms with E-state index in [4.69, 9.17) is 0 Å². The molecule has 2 rings (SSSR count). The molecule has 0 radical (unpaired) electrons. The third kappa shape index (κ3) is 3.33. The standard InChI is InChI=1S/C16H17IO/c1-2-4-12-5-3-6-14(11-12)16(18)13-7-9-15(17)10-8-13/h3,5-11,16,18H,2,4H2,1H3. The minimum absolute atomic E-state index is 0.529. The van der Waals surface area contributed by atoms with Crippen LogP contribution in [0.2, 0.25) is 0 Å². The Morgan fingerprint density at radius 2 is 1.78 bits per heavy atom. The van der Waals surface area contributed by atoms with Crippen molar-refractivity contribution in [2.45, 2.75) is 25.9 Å². The Morgan fingerprint density at radius 3 is 2.44 bits per heavy atom. The average molecular weight is 352 g/mol. The van der Waals surface area contributed by atoms with Crippen LogP contribution in [0.3, 0.4) is 0 Å². The molecule has 0 saturated carbocycles. The molecule has 1 nitrogen and oxygen atoms in total. The van der Waals surface area contributed by atoms with E-state index >= 15 is 0 Å². The van der Waals surface area contributed by atoms with Crippen LogP contribution in [-0.4, -0.2) is 5.11 Å². The molecular formula is C16H17IO. The second-order valence-electron chi connectivity index (χ2n) is 4.45. The van der Waals surface area contributed by atoms with E-state index in [2.05, 4.69) is 41.6 Å². The molecule has 2 heteroatoms. The van der Waals surface area contributed by atoms with Gasteiger partial charge in [-0.2, -0.15) is 0 Å². The predicted octanol–water partition coefficient (Wildman–Crippen LogP) is 4.33. The average Bonchev–Trinajstić information content (AvgIpc) is 2.39. The van der Waals surface area contributed by atoms with E-state index < -0.39 is 6.10 Å². The van der Waals surface area contributed by atoms with Gasteiger partial charge in [-0.25, -0.2) is 0 Å². The minimum Gasteiger partial charge on any atom is -0.384 e. The topological polar surface area (TPSA) is 20.2 Å². The summed E-state index contributed by atoms with van der Waals surface area (Å²) in [5.41, 5.74) is 3.21. The summed E-state index contributed by atoms with van der Waals surface area (Å²) in [6.45, 7) is 2.17. The van der Waals surface area contributed by atoms with Gasteiger partial charge in [-0.3, -0.25) is 0 Å². The Morgan fingerprint density at radius 1 is 1.06 bits per heavy atom. The van der Waals surface area contributed by atoms with Gasteiger partial charge in [0.2, 0.25) is 0 Å². The first-order valence-corrected chi connectivity index (χ1v) is 7.31. The molecular weight excluding hydrogens is 335 g/mol. The highest BCUT2D eigenvalue weighted by atomic mass is 127. The summed E-state index contributed by atoms with van der Waals surface area (Å²) >= 11 is 2.27. The molecule has 18 heavy (non-hydrogen) atoms. The monoisotopic (exact) mass is 352 g/mol. The van der Waals surface area contributed by atoms with Gasteiger partial charge in [-0.05, 0) is 57.8 Å². The number of aliphatic hydroxyl groups is 1. The van der Waals surface area contributed by atoms with E-state index in [-0.39, 0.29) is 0 Å². The van der Waals surface area contributed by atoms with Gasteiger partial charge in [0.05, 0.1) is 0 Å². The molecule has 1 unspecified atom stereocenters. The lowest BCUT2D eigenvalue weighted by Crippen LogP contribution is -2.00. The van der Waals surface area contributed by atoms with Gasteiger partial charge in [-0.15, -0.1) is 0 Å². The summed E-state index contributed by atoms with van der Waals surface area (Å²) in [5, 5.41) is 10.4. The summed E-state index contributed by atoms with van der Waals surface area (Å²) in [4.78, 5) is 0. The highest BCUT2D eigenvalue weighted by Gasteiger charge is 2.10. The summed E-state index contributed by atoms with van der Waals surface area (Å²) in [7, 11) is 0. The van der Waals surface area contributed by atoms with Gasteiger partial charge in [-0.1, -0.05) is 49.7 Å². The van der Waals surface area contributed by atoms with Gasteiger partial charge < -0.3 is 5.11 Å². The Kier molecular flexibility index (Phi) is 4.78. The van der Waals surface area contributed by atoms with Crippen molar-refractivity contribution in [3.05, 3.63) is 68.8 Å². The van der Waals surface area contributed by atoms with Crippen LogP contribution in [0.1, 0.15) is 36.1 Å². The van der Waals surface area contributed by atoms with E-state index in [0.717, 1.165) is 24.0 Å². The van der Waals surface area contributed by atoms with Gasteiger partial charge in [0.1, 0.15) is 6.10 Å². The zero-order chi connectivity index (χ0) is 13.0. The predicted molar refractivity (Wildman–Crippen MR) is 83.7 cm³/mol. The van der Waals surface area contributed by atoms with Crippen molar-refractivity contribution in [3.63, 3.8) is 0 Å². The van der Waals surface area contributed by atoms with E-state index in [0.29, 0.717) is 0 Å². The number of benzene rings is 2. The Bertz CT molecular complexity index is 505. The molecule has 94 valence electrons. The van der Waals surface area contributed by atoms with Crippen molar-refractivity contribution in [2.75, 3.05) is 0 Å². The van der Waals surface area contributed by atoms with Crippen molar-refractivity contribution in [2.24, 2.45) is 0 Å². The molecule has 0 aromatic heterocycles. The Labute approximate surface area is 122 Å². The van der Waals surface area contributed by atoms with Crippen LogP contribution in [0.15, 0.2) is 48.5 Å². The van der Waals surface area contributed by atoms with E-state index in [1.54, 1.807) is 0 Å². The minimum atomic E-state index is -0.529. The second-order valence-corrected chi connectivity index (χ2v) is 5.69. The first-order chi connectivity index (χ1) is 8.70. The molecule has 1 N–H and O–H groups in total. The van der Waals surface area contributed by atoms with Crippen LogP contribution < -0.4 is 0 Å². The largest absolute Gasteiger partial charge is 0.384 e. The Balaban J connectivity index is 2.24. The molecule has 0 fully saturated rings. The third-order valence-electron chi connectivity index (χ3n) is 2.99. The van der Waals surface area contributed by atoms with E-state index in [1.807, 2.05) is 36.4 Å². The number of aryl methyl sites for hydroxylation is 1. The summed E-state index contributed by atoms with van der Waals surface area (Å²) in [5.74, 6) is 0. The van der Waals surface area contributed by atoms with Crippen molar-refractivity contribution < 1.29 is 5.11 Å². The van der Waals surface area contributed by atoms with Gasteiger partial charge in [0, 0.05) is 3.57 Å². The van der Waals surface area contributed by atoms with Crippen LogP contribution >= 0.6 is 22.6 Å². The van der Waals surface area contributed by atoms with Crippen LogP contribution in [0, 0.1) is 3.57 Å². The number of rotatable bonds is 4. The molecule has 0 aliphatic carbocycles. The van der Waals surface area contributed by atoms with Crippen LogP contribution in [0.25, 0.3) is 0 Å². The van der Waals surface area contributed by atoms with Crippen molar-refractivity contribution >= 4 is 22.6 Å². The normalized spacial score (nSPS) is 12.4. The highest BCUT2D eigenvalue weighted by molar-refractivity contribution is 14.1. The number of hydrogen-bond acceptors (Lipinski definition) is 1. The van der Waals surface area contributed by atoms with Gasteiger partial charge in [0.15, 0.2) is 0 Å². The molecule has 2 aromatic carbocycles. The van der Waals surface area contributed by atoms with Gasteiger partial charge >= 0.3 is 0 Å². The maximum atomic E-state index is 10.4. The number of aliphatic hydroxyl groups excluding tert-OH is 1. The van der Waals surface area contributed by atoms with Crippen LogP contribution in [0.5, 0.6) is 0 Å². The lowest BCUT2D eigenvalue weighted by atomic mass is 9.98. The van der Waals surface area contributed by atoms with Gasteiger partial charge in [0.25, 0.3) is 0 Å². The maximum absolute atomic E-state index is 10.4. The van der Waals surface area contributed by atoms with Crippen molar-refractivity contribution in [1.82, 2.24) is 0 Å². The van der Waals surface area contributed by atoms with Crippen molar-refractivity contribution in [1.29, 1.82) is 0 Å². The first kappa shape index (κ1) is 13.6. The second kappa shape index (κ2) is 6.34. The quantitative estimate of drug-likeness (QED) is 0.813. The smallest absolute Gasteiger partial charge is 0.104 e.